The summed E-state index contributed by atoms with van der Waals surface area (Å²) in [5.74, 6) is 0.672. The topological polar surface area (TPSA) is 81.0 Å². The number of morpholine rings is 1. The molecule has 0 unspecified atom stereocenters. The van der Waals surface area contributed by atoms with Crippen LogP contribution in [0, 0.1) is 0 Å². The van der Waals surface area contributed by atoms with Gasteiger partial charge < -0.3 is 24.0 Å². The number of anilines is 1. The molecule has 5 rings (SSSR count). The van der Waals surface area contributed by atoms with E-state index in [2.05, 4.69) is 10.2 Å². The number of ether oxygens (including phenoxy) is 2. The Balaban J connectivity index is 0.000000257. The first-order chi connectivity index (χ1) is 16.7. The summed E-state index contributed by atoms with van der Waals surface area (Å²) in [7, 11) is 1.82. The van der Waals surface area contributed by atoms with Gasteiger partial charge in [0.1, 0.15) is 24.2 Å². The molecule has 0 aliphatic carbocycles. The Hall–Kier alpha value is -3.68. The zero-order chi connectivity index (χ0) is 23.8. The zero-order valence-corrected chi connectivity index (χ0v) is 19.2. The lowest BCUT2D eigenvalue weighted by Gasteiger charge is -2.23. The maximum absolute atomic E-state index is 12.3. The Morgan fingerprint density at radius 1 is 0.971 bits per heavy atom. The molecule has 1 aliphatic heterocycles. The van der Waals surface area contributed by atoms with E-state index in [1.165, 1.54) is 0 Å². The number of nitrogens with zero attached hydrogens (tertiary/aromatic N) is 1. The van der Waals surface area contributed by atoms with Crippen LogP contribution in [0.1, 0.15) is 5.56 Å². The first-order valence-electron chi connectivity index (χ1n) is 11.3. The Morgan fingerprint density at radius 2 is 1.74 bits per heavy atom. The minimum absolute atomic E-state index is 0.347. The van der Waals surface area contributed by atoms with Crippen LogP contribution >= 0.6 is 0 Å². The molecular formula is C27H28N2O5. The largest absolute Gasteiger partial charge is 0.489 e. The van der Waals surface area contributed by atoms with Crippen LogP contribution in [0.4, 0.5) is 5.69 Å². The molecule has 0 spiro atoms. The molecule has 1 saturated heterocycles. The fraction of sp³-hybridized carbons (Fsp3) is 0.259. The van der Waals surface area contributed by atoms with Gasteiger partial charge in [0.25, 0.3) is 0 Å². The van der Waals surface area contributed by atoms with Crippen molar-refractivity contribution in [1.29, 1.82) is 0 Å². The van der Waals surface area contributed by atoms with Crippen molar-refractivity contribution in [2.24, 2.45) is 0 Å². The van der Waals surface area contributed by atoms with E-state index in [9.17, 15) is 9.59 Å². The number of benzene rings is 3. The van der Waals surface area contributed by atoms with Gasteiger partial charge in [-0.15, -0.1) is 0 Å². The lowest BCUT2D eigenvalue weighted by Crippen LogP contribution is -2.37. The first-order valence-corrected chi connectivity index (χ1v) is 11.3. The van der Waals surface area contributed by atoms with Crippen LogP contribution in [0.25, 0.3) is 21.7 Å². The minimum atomic E-state index is -0.347. The molecule has 7 heteroatoms. The molecular weight excluding hydrogens is 432 g/mol. The standard InChI is InChI=1S/C21H17NO3.C6H11NO2/c1-22-15-7-9-17-18-10-8-16(24-13-14-5-3-2-4-6-14)12-20(18)25-21(23)19(17)11-15;8-4-1-7-2-5-9-6-3-7/h2-12,22H,13H2,1H3;4H,1-3,5-6H2. The summed E-state index contributed by atoms with van der Waals surface area (Å²) in [6.07, 6.45) is 0.936. The number of fused-ring (bicyclic) bond motifs is 3. The third-order valence-corrected chi connectivity index (χ3v) is 5.66. The minimum Gasteiger partial charge on any atom is -0.489 e. The van der Waals surface area contributed by atoms with Crippen LogP contribution in [-0.2, 0) is 16.1 Å². The van der Waals surface area contributed by atoms with E-state index in [0.717, 1.165) is 54.6 Å². The predicted octanol–water partition coefficient (Wildman–Crippen LogP) is 4.08. The van der Waals surface area contributed by atoms with Crippen LogP contribution in [0.2, 0.25) is 0 Å². The second kappa shape index (κ2) is 11.4. The van der Waals surface area contributed by atoms with Crippen LogP contribution < -0.4 is 15.7 Å². The quantitative estimate of drug-likeness (QED) is 0.264. The number of carbonyl (C=O) groups is 1. The van der Waals surface area contributed by atoms with Gasteiger partial charge in [0.2, 0.25) is 0 Å². The summed E-state index contributed by atoms with van der Waals surface area (Å²) in [6, 6.07) is 21.2. The average molecular weight is 461 g/mol. The van der Waals surface area contributed by atoms with Gasteiger partial charge in [-0.3, -0.25) is 4.90 Å². The van der Waals surface area contributed by atoms with Gasteiger partial charge in [-0.05, 0) is 29.8 Å². The van der Waals surface area contributed by atoms with E-state index in [0.29, 0.717) is 29.9 Å². The second-order valence-corrected chi connectivity index (χ2v) is 7.91. The molecule has 0 amide bonds. The maximum Gasteiger partial charge on any atom is 0.344 e. The van der Waals surface area contributed by atoms with Gasteiger partial charge in [0.05, 0.1) is 25.1 Å². The van der Waals surface area contributed by atoms with E-state index in [-0.39, 0.29) is 5.63 Å². The number of rotatable bonds is 6. The van der Waals surface area contributed by atoms with Crippen molar-refractivity contribution in [2.75, 3.05) is 45.2 Å². The smallest absolute Gasteiger partial charge is 0.344 e. The average Bonchev–Trinajstić information content (AvgIpc) is 2.89. The van der Waals surface area contributed by atoms with Crippen LogP contribution in [-0.4, -0.2) is 51.1 Å². The van der Waals surface area contributed by atoms with Crippen molar-refractivity contribution in [2.45, 2.75) is 6.61 Å². The monoisotopic (exact) mass is 460 g/mol. The van der Waals surface area contributed by atoms with Crippen molar-refractivity contribution in [3.8, 4) is 5.75 Å². The van der Waals surface area contributed by atoms with Gasteiger partial charge in [-0.1, -0.05) is 36.4 Å². The predicted molar refractivity (Wildman–Crippen MR) is 134 cm³/mol. The van der Waals surface area contributed by atoms with E-state index in [4.69, 9.17) is 13.9 Å². The number of nitrogens with one attached hydrogen (secondary N) is 1. The number of hydrogen-bond donors (Lipinski definition) is 1. The third kappa shape index (κ3) is 5.81. The van der Waals surface area contributed by atoms with E-state index < -0.39 is 0 Å². The molecule has 0 saturated carbocycles. The van der Waals surface area contributed by atoms with Crippen molar-refractivity contribution in [3.05, 3.63) is 82.7 Å². The molecule has 4 aromatic rings. The Kier molecular flexibility index (Phi) is 7.91. The molecule has 1 aliphatic rings. The van der Waals surface area contributed by atoms with Crippen LogP contribution in [0.5, 0.6) is 5.75 Å². The highest BCUT2D eigenvalue weighted by atomic mass is 16.5. The van der Waals surface area contributed by atoms with Crippen molar-refractivity contribution >= 4 is 33.7 Å². The number of hydrogen-bond acceptors (Lipinski definition) is 7. The third-order valence-electron chi connectivity index (χ3n) is 5.66. The summed E-state index contributed by atoms with van der Waals surface area (Å²) < 4.78 is 16.4. The molecule has 176 valence electrons. The van der Waals surface area contributed by atoms with Crippen molar-refractivity contribution in [3.63, 3.8) is 0 Å². The van der Waals surface area contributed by atoms with Gasteiger partial charge in [-0.2, -0.15) is 0 Å². The highest BCUT2D eigenvalue weighted by molar-refractivity contribution is 6.05. The summed E-state index contributed by atoms with van der Waals surface area (Å²) in [6.45, 7) is 4.37. The molecule has 0 atom stereocenters. The summed E-state index contributed by atoms with van der Waals surface area (Å²) in [5.41, 5.74) is 2.14. The van der Waals surface area contributed by atoms with Crippen molar-refractivity contribution < 1.29 is 18.7 Å². The van der Waals surface area contributed by atoms with Crippen LogP contribution in [0.15, 0.2) is 75.9 Å². The van der Waals surface area contributed by atoms with Gasteiger partial charge in [0, 0.05) is 42.7 Å². The van der Waals surface area contributed by atoms with Gasteiger partial charge in [-0.25, -0.2) is 4.79 Å². The second-order valence-electron chi connectivity index (χ2n) is 7.91. The Labute approximate surface area is 197 Å². The normalized spacial score (nSPS) is 13.8. The summed E-state index contributed by atoms with van der Waals surface area (Å²) in [4.78, 5) is 24.4. The summed E-state index contributed by atoms with van der Waals surface area (Å²) >= 11 is 0. The zero-order valence-electron chi connectivity index (χ0n) is 19.2. The van der Waals surface area contributed by atoms with E-state index in [1.807, 2.05) is 61.6 Å². The molecule has 1 fully saturated rings. The fourth-order valence-corrected chi connectivity index (χ4v) is 3.79. The van der Waals surface area contributed by atoms with Crippen molar-refractivity contribution in [1.82, 2.24) is 4.90 Å². The lowest BCUT2D eigenvalue weighted by atomic mass is 10.1. The first kappa shape index (κ1) is 23.5. The molecule has 7 nitrogen and oxygen atoms in total. The Bertz CT molecular complexity index is 1300. The highest BCUT2D eigenvalue weighted by Crippen LogP contribution is 2.28. The molecule has 34 heavy (non-hydrogen) atoms. The summed E-state index contributed by atoms with van der Waals surface area (Å²) in [5, 5.41) is 5.37. The maximum atomic E-state index is 12.3. The van der Waals surface area contributed by atoms with Gasteiger partial charge in [0.15, 0.2) is 0 Å². The van der Waals surface area contributed by atoms with E-state index >= 15 is 0 Å². The number of aldehydes is 1. The van der Waals surface area contributed by atoms with E-state index in [1.54, 1.807) is 12.1 Å². The molecule has 0 bridgehead atoms. The van der Waals surface area contributed by atoms with Gasteiger partial charge >= 0.3 is 5.63 Å². The molecule has 1 N–H and O–H groups in total. The Morgan fingerprint density at radius 3 is 2.47 bits per heavy atom. The molecule has 1 aromatic heterocycles. The molecule has 3 aromatic carbocycles. The lowest BCUT2D eigenvalue weighted by molar-refractivity contribution is -0.109. The fourth-order valence-electron chi connectivity index (χ4n) is 3.79. The number of carbonyl (C=O) groups excluding carboxylic acids is 1. The molecule has 2 heterocycles. The SMILES string of the molecule is CNc1ccc2c(c1)c(=O)oc1cc(OCc3ccccc3)ccc12.O=CCN1CCOCC1. The molecule has 0 radical (unpaired) electrons. The highest BCUT2D eigenvalue weighted by Gasteiger charge is 2.10. The van der Waals surface area contributed by atoms with Crippen LogP contribution in [0.3, 0.4) is 0 Å².